The molecule has 1 aliphatic rings. The molecule has 0 unspecified atom stereocenters. The van der Waals surface area contributed by atoms with Gasteiger partial charge in [0.1, 0.15) is 34.0 Å². The molecule has 0 saturated carbocycles. The number of hydrazine groups is 2. The lowest BCUT2D eigenvalue weighted by molar-refractivity contribution is 0.131. The Hall–Kier alpha value is -7.84. The fourth-order valence-corrected chi connectivity index (χ4v) is 13.2. The average Bonchev–Trinajstić information content (AvgIpc) is 1.67. The number of anilines is 2. The predicted molar refractivity (Wildman–Crippen MR) is 433 cm³/mol. The van der Waals surface area contributed by atoms with Crippen LogP contribution in [-0.2, 0) is 54.1 Å². The normalized spacial score (nSPS) is 13.9. The molecular formula is C88H129N11O3. The molecule has 11 heterocycles. The number of pyridine rings is 4. The van der Waals surface area contributed by atoms with Gasteiger partial charge in [-0.05, 0) is 135 Å². The first-order chi connectivity index (χ1) is 46.3. The van der Waals surface area contributed by atoms with E-state index in [0.29, 0.717) is 5.71 Å². The molecule has 0 bridgehead atoms. The van der Waals surface area contributed by atoms with Crippen LogP contribution in [0.2, 0.25) is 0 Å². The molecule has 102 heavy (non-hydrogen) atoms. The van der Waals surface area contributed by atoms with Crippen LogP contribution in [0.4, 0.5) is 11.4 Å². The molecule has 0 atom stereocenters. The van der Waals surface area contributed by atoms with Gasteiger partial charge in [0.2, 0.25) is 11.4 Å². The van der Waals surface area contributed by atoms with Crippen LogP contribution in [0.25, 0.3) is 55.5 Å². The van der Waals surface area contributed by atoms with Crippen molar-refractivity contribution in [2.45, 2.75) is 314 Å². The third kappa shape index (κ3) is 18.7. The van der Waals surface area contributed by atoms with Gasteiger partial charge in [-0.1, -0.05) is 220 Å². The molecule has 554 valence electrons. The molecule has 0 amide bonds. The Labute approximate surface area is 613 Å². The van der Waals surface area contributed by atoms with Gasteiger partial charge in [0.05, 0.1) is 33.5 Å². The third-order valence-electron chi connectivity index (χ3n) is 17.5. The maximum absolute atomic E-state index is 6.03. The predicted octanol–water partition coefficient (Wildman–Crippen LogP) is 24.6. The standard InChI is InChI=1S/2C15H22N2.2C15H21NO.C14H23N3.C14H20N2O/c1-14(2,3)11-12-10(8-7-9-16-12)17-13(11)15(4,5)6;1-14(2,3)11-10-8-7-9-16-13(10)17-12(11)15(4,5)6;1-14(2,3)11-12-10(8-7-9-16-12)17-13(11)15(4,5)6;1-14(2,3)11-10-8-7-9-16-13(10)17-12(11)15(4,5)6;1-13(2,3)16-12-10-8-7-9-11(12)15-17(16)14(4,5)6;1-13(2,3)9-10-12(16-8-7-15-10)17-11(9)14(4,5)6/h7-9,17H,1-6H3;7-9H,1-6H3,(H,16,17);2*7-9H,1-6H3;7-10,15H,1-6H3;7-8H,1-6H3. The molecule has 0 radical (unpaired) electrons. The van der Waals surface area contributed by atoms with Crippen LogP contribution in [0.15, 0.2) is 123 Å². The van der Waals surface area contributed by atoms with E-state index in [0.717, 1.165) is 61.7 Å². The Kier molecular flexibility index (Phi) is 22.9. The minimum absolute atomic E-state index is 0.00329. The Morgan fingerprint density at radius 1 is 0.304 bits per heavy atom. The van der Waals surface area contributed by atoms with Crippen LogP contribution in [-0.4, -0.2) is 56.1 Å². The second-order valence-corrected chi connectivity index (χ2v) is 40.0. The summed E-state index contributed by atoms with van der Waals surface area (Å²) in [5, 5.41) is 6.95. The van der Waals surface area contributed by atoms with Gasteiger partial charge in [-0.3, -0.25) is 20.4 Å². The smallest absolute Gasteiger partial charge is 0.245 e. The Morgan fingerprint density at radius 2 is 0.716 bits per heavy atom. The summed E-state index contributed by atoms with van der Waals surface area (Å²) >= 11 is 0. The first-order valence-corrected chi connectivity index (χ1v) is 36.7. The summed E-state index contributed by atoms with van der Waals surface area (Å²) in [6, 6.07) is 24.7. The van der Waals surface area contributed by atoms with E-state index in [2.05, 4.69) is 347 Å². The zero-order chi connectivity index (χ0) is 77.1. The van der Waals surface area contributed by atoms with Gasteiger partial charge in [0, 0.05) is 109 Å². The molecule has 11 aromatic rings. The van der Waals surface area contributed by atoms with Crippen molar-refractivity contribution in [1.29, 1.82) is 0 Å². The molecule has 0 spiro atoms. The number of furan rings is 3. The molecule has 0 aliphatic carbocycles. The average molecular weight is 1390 g/mol. The van der Waals surface area contributed by atoms with E-state index >= 15 is 0 Å². The van der Waals surface area contributed by atoms with Crippen LogP contribution >= 0.6 is 0 Å². The van der Waals surface area contributed by atoms with Gasteiger partial charge >= 0.3 is 0 Å². The maximum Gasteiger partial charge on any atom is 0.245 e. The number of para-hydroxylation sites is 2. The quantitative estimate of drug-likeness (QED) is 0.132. The number of rotatable bonds is 0. The second kappa shape index (κ2) is 28.7. The van der Waals surface area contributed by atoms with Crippen molar-refractivity contribution in [3.63, 3.8) is 0 Å². The summed E-state index contributed by atoms with van der Waals surface area (Å²) in [6.07, 6.45) is 10.7. The molecular weight excluding hydrogens is 1260 g/mol. The van der Waals surface area contributed by atoms with Crippen molar-refractivity contribution in [1.82, 2.24) is 45.0 Å². The Morgan fingerprint density at radius 3 is 1.23 bits per heavy atom. The minimum Gasteiger partial charge on any atom is -0.458 e. The molecule has 0 fully saturated rings. The molecule has 12 rings (SSSR count). The summed E-state index contributed by atoms with van der Waals surface area (Å²) in [7, 11) is 0. The van der Waals surface area contributed by atoms with Gasteiger partial charge in [-0.2, -0.15) is 0 Å². The summed E-state index contributed by atoms with van der Waals surface area (Å²) in [6.45, 7) is 79.7. The number of benzene rings is 1. The van der Waals surface area contributed by atoms with Crippen LogP contribution in [0, 0.1) is 0 Å². The Balaban J connectivity index is 0.000000172. The van der Waals surface area contributed by atoms with E-state index in [1.165, 1.54) is 56.0 Å². The Bertz CT molecular complexity index is 4040. The topological polar surface area (TPSA) is 167 Å². The van der Waals surface area contributed by atoms with Crippen LogP contribution < -0.4 is 10.4 Å². The highest BCUT2D eigenvalue weighted by Crippen LogP contribution is 2.46. The van der Waals surface area contributed by atoms with E-state index in [4.69, 9.17) is 13.3 Å². The lowest BCUT2D eigenvalue weighted by Crippen LogP contribution is -2.59. The fourth-order valence-electron chi connectivity index (χ4n) is 13.2. The number of aromatic nitrogens is 8. The van der Waals surface area contributed by atoms with Crippen LogP contribution in [0.3, 0.4) is 0 Å². The lowest BCUT2D eigenvalue weighted by Gasteiger charge is -2.45. The maximum atomic E-state index is 6.03. The second-order valence-electron chi connectivity index (χ2n) is 40.0. The number of H-pyrrole nitrogens is 2. The SMILES string of the molecule is CC(C)(C)N1Nc2ccccc2N1C(C)(C)C.CC(C)(C)c1[nH]c2cccnc2c1C(C)(C)C.CC(C)(C)c1[nH]c2ncccc2c1C(C)(C)C.CC(C)(C)c1oc2cccnc2c1C(C)(C)C.CC(C)(C)c1oc2ncccc2c1C(C)(C)C.CC(C)(C)c1oc2nccnc2c1C(C)(C)C. The number of fused-ring (bicyclic) bond motifs is 6. The van der Waals surface area contributed by atoms with Gasteiger partial charge in [0.25, 0.3) is 0 Å². The first-order valence-electron chi connectivity index (χ1n) is 36.7. The summed E-state index contributed by atoms with van der Waals surface area (Å²) in [5.74, 6) is 3.10. The third-order valence-corrected chi connectivity index (χ3v) is 17.5. The highest BCUT2D eigenvalue weighted by Gasteiger charge is 2.41. The van der Waals surface area contributed by atoms with Crippen LogP contribution in [0.1, 0.15) is 306 Å². The van der Waals surface area contributed by atoms with Crippen molar-refractivity contribution in [2.24, 2.45) is 0 Å². The van der Waals surface area contributed by atoms with Gasteiger partial charge in [-0.25, -0.2) is 19.9 Å². The zero-order valence-electron chi connectivity index (χ0n) is 69.7. The number of nitrogens with one attached hydrogen (secondary N) is 3. The van der Waals surface area contributed by atoms with Gasteiger partial charge < -0.3 is 23.2 Å². The molecule has 14 nitrogen and oxygen atoms in total. The summed E-state index contributed by atoms with van der Waals surface area (Å²) in [5.41, 5.74) is 23.0. The van der Waals surface area contributed by atoms with Gasteiger partial charge in [0.15, 0.2) is 5.58 Å². The largest absolute Gasteiger partial charge is 0.458 e. The molecule has 0 saturated heterocycles. The van der Waals surface area contributed by atoms with Crippen molar-refractivity contribution in [3.05, 3.63) is 166 Å². The molecule has 10 aromatic heterocycles. The summed E-state index contributed by atoms with van der Waals surface area (Å²) in [4.78, 5) is 33.5. The van der Waals surface area contributed by atoms with Crippen molar-refractivity contribution >= 4 is 66.9 Å². The number of aromatic amines is 2. The monoisotopic (exact) mass is 1390 g/mol. The number of hydrogen-bond donors (Lipinski definition) is 3. The lowest BCUT2D eigenvalue weighted by atomic mass is 9.78. The minimum atomic E-state index is -0.0367. The van der Waals surface area contributed by atoms with E-state index in [1.54, 1.807) is 18.6 Å². The van der Waals surface area contributed by atoms with E-state index in [9.17, 15) is 0 Å². The highest BCUT2D eigenvalue weighted by molar-refractivity contribution is 5.85. The first kappa shape index (κ1) is 81.5. The van der Waals surface area contributed by atoms with Crippen molar-refractivity contribution in [3.8, 4) is 0 Å². The van der Waals surface area contributed by atoms with E-state index < -0.39 is 0 Å². The molecule has 14 heteroatoms. The molecule has 1 aliphatic heterocycles. The van der Waals surface area contributed by atoms with E-state index in [1.807, 2.05) is 48.9 Å². The van der Waals surface area contributed by atoms with Crippen molar-refractivity contribution < 1.29 is 13.3 Å². The van der Waals surface area contributed by atoms with E-state index in [-0.39, 0.29) is 65.2 Å². The highest BCUT2D eigenvalue weighted by atomic mass is 16.4. The zero-order valence-corrected chi connectivity index (χ0v) is 69.7. The molecule has 3 N–H and O–H groups in total. The number of hydrogen-bond acceptors (Lipinski definition) is 12. The van der Waals surface area contributed by atoms with Gasteiger partial charge in [-0.15, -0.1) is 5.12 Å². The van der Waals surface area contributed by atoms with Crippen LogP contribution in [0.5, 0.6) is 0 Å². The fraction of sp³-hybridized carbons (Fsp3) is 0.545. The number of nitrogens with zero attached hydrogens (tertiary/aromatic N) is 8. The van der Waals surface area contributed by atoms with Crippen molar-refractivity contribution in [2.75, 3.05) is 10.4 Å². The molecule has 1 aromatic carbocycles. The summed E-state index contributed by atoms with van der Waals surface area (Å²) < 4.78 is 17.9.